The van der Waals surface area contributed by atoms with Crippen molar-refractivity contribution in [1.29, 1.82) is 0 Å². The molecule has 0 atom stereocenters. The fourth-order valence-corrected chi connectivity index (χ4v) is 2.98. The highest BCUT2D eigenvalue weighted by molar-refractivity contribution is 6.35. The predicted octanol–water partition coefficient (Wildman–Crippen LogP) is 4.70. The number of rotatable bonds is 6. The summed E-state index contributed by atoms with van der Waals surface area (Å²) in [6, 6.07) is 12.9. The molecule has 2 aromatic carbocycles. The fraction of sp³-hybridized carbons (Fsp3) is 0.158. The number of hydrogen-bond acceptors (Lipinski definition) is 4. The van der Waals surface area contributed by atoms with Gasteiger partial charge in [0.05, 0.1) is 5.02 Å². The van der Waals surface area contributed by atoms with Crippen LogP contribution in [0, 0.1) is 0 Å². The molecule has 1 heterocycles. The number of hydrogen-bond donors (Lipinski definition) is 0. The number of nitrogens with zero attached hydrogens (tertiary/aromatic N) is 3. The molecule has 3 aromatic rings. The molecule has 0 amide bonds. The first-order valence-electron chi connectivity index (χ1n) is 7.85. The van der Waals surface area contributed by atoms with Crippen LogP contribution in [0.3, 0.4) is 0 Å². The second kappa shape index (κ2) is 8.25. The van der Waals surface area contributed by atoms with E-state index in [-0.39, 0.29) is 0 Å². The Balaban J connectivity index is 1.92. The van der Waals surface area contributed by atoms with Gasteiger partial charge in [0.15, 0.2) is 11.5 Å². The van der Waals surface area contributed by atoms with Gasteiger partial charge < -0.3 is 14.1 Å². The van der Waals surface area contributed by atoms with Crippen molar-refractivity contribution in [2.45, 2.75) is 6.61 Å². The molecule has 0 radical (unpaired) electrons. The van der Waals surface area contributed by atoms with E-state index in [2.05, 4.69) is 10.1 Å². The molecule has 0 saturated heterocycles. The molecule has 0 unspecified atom stereocenters. The number of aryl methyl sites for hydroxylation is 1. The average Bonchev–Trinajstić information content (AvgIpc) is 3.05. The van der Waals surface area contributed by atoms with Crippen molar-refractivity contribution >= 4 is 28.9 Å². The van der Waals surface area contributed by atoms with Gasteiger partial charge in [-0.15, -0.1) is 0 Å². The standard InChI is InChI=1S/C19H17Cl2N3O2/c1-24-10-9-22-19(24)18(23-25-2)15-6-4-3-5-13(15)12-26-17-8-7-14(20)11-16(17)21/h3-11H,12H2,1-2H3/b23-18+. The molecular weight excluding hydrogens is 373 g/mol. The van der Waals surface area contributed by atoms with Crippen molar-refractivity contribution in [2.75, 3.05) is 7.11 Å². The third-order valence-corrected chi connectivity index (χ3v) is 4.30. The second-order valence-electron chi connectivity index (χ2n) is 5.50. The highest BCUT2D eigenvalue weighted by atomic mass is 35.5. The Labute approximate surface area is 161 Å². The number of benzene rings is 2. The van der Waals surface area contributed by atoms with Gasteiger partial charge in [0.1, 0.15) is 19.5 Å². The zero-order valence-electron chi connectivity index (χ0n) is 14.3. The Hall–Kier alpha value is -2.50. The molecule has 134 valence electrons. The van der Waals surface area contributed by atoms with Gasteiger partial charge >= 0.3 is 0 Å². The monoisotopic (exact) mass is 389 g/mol. The minimum Gasteiger partial charge on any atom is -0.487 e. The van der Waals surface area contributed by atoms with Gasteiger partial charge in [0.2, 0.25) is 0 Å². The summed E-state index contributed by atoms with van der Waals surface area (Å²) >= 11 is 12.1. The second-order valence-corrected chi connectivity index (χ2v) is 6.35. The van der Waals surface area contributed by atoms with Gasteiger partial charge in [-0.3, -0.25) is 0 Å². The lowest BCUT2D eigenvalue weighted by molar-refractivity contribution is 0.213. The van der Waals surface area contributed by atoms with Crippen molar-refractivity contribution < 1.29 is 9.57 Å². The molecule has 1 aromatic heterocycles. The van der Waals surface area contributed by atoms with Crippen LogP contribution in [0.2, 0.25) is 10.0 Å². The number of aromatic nitrogens is 2. The van der Waals surface area contributed by atoms with Crippen LogP contribution in [0.4, 0.5) is 0 Å². The van der Waals surface area contributed by atoms with Crippen LogP contribution in [0.15, 0.2) is 60.0 Å². The largest absolute Gasteiger partial charge is 0.487 e. The summed E-state index contributed by atoms with van der Waals surface area (Å²) < 4.78 is 7.76. The van der Waals surface area contributed by atoms with Crippen LogP contribution in [0.1, 0.15) is 17.0 Å². The number of oxime groups is 1. The first-order chi connectivity index (χ1) is 12.6. The number of ether oxygens (including phenoxy) is 1. The zero-order valence-corrected chi connectivity index (χ0v) is 15.8. The molecule has 0 N–H and O–H groups in total. The highest BCUT2D eigenvalue weighted by Crippen LogP contribution is 2.28. The van der Waals surface area contributed by atoms with E-state index in [0.29, 0.717) is 33.9 Å². The van der Waals surface area contributed by atoms with Gasteiger partial charge in [0, 0.05) is 30.0 Å². The molecule has 5 nitrogen and oxygen atoms in total. The lowest BCUT2D eigenvalue weighted by Crippen LogP contribution is -2.14. The fourth-order valence-electron chi connectivity index (χ4n) is 2.52. The third kappa shape index (κ3) is 4.00. The summed E-state index contributed by atoms with van der Waals surface area (Å²) in [6.07, 6.45) is 3.57. The predicted molar refractivity (Wildman–Crippen MR) is 103 cm³/mol. The van der Waals surface area contributed by atoms with Crippen LogP contribution in [-0.4, -0.2) is 22.4 Å². The SMILES string of the molecule is CO/N=C(\c1ccccc1COc1ccc(Cl)cc1Cl)c1nccn1C. The summed E-state index contributed by atoms with van der Waals surface area (Å²) in [6.45, 7) is 0.310. The van der Waals surface area contributed by atoms with E-state index in [0.717, 1.165) is 11.1 Å². The molecule has 7 heteroatoms. The Morgan fingerprint density at radius 2 is 2.00 bits per heavy atom. The normalized spacial score (nSPS) is 11.5. The van der Waals surface area contributed by atoms with E-state index < -0.39 is 0 Å². The zero-order chi connectivity index (χ0) is 18.5. The Kier molecular flexibility index (Phi) is 5.81. The summed E-state index contributed by atoms with van der Waals surface area (Å²) in [5, 5.41) is 5.20. The Morgan fingerprint density at radius 1 is 1.19 bits per heavy atom. The summed E-state index contributed by atoms with van der Waals surface area (Å²) in [7, 11) is 3.41. The minimum absolute atomic E-state index is 0.310. The van der Waals surface area contributed by atoms with E-state index in [4.69, 9.17) is 32.8 Å². The average molecular weight is 390 g/mol. The van der Waals surface area contributed by atoms with Crippen molar-refractivity contribution in [2.24, 2.45) is 12.2 Å². The van der Waals surface area contributed by atoms with Crippen molar-refractivity contribution in [1.82, 2.24) is 9.55 Å². The van der Waals surface area contributed by atoms with Gasteiger partial charge in [-0.2, -0.15) is 0 Å². The smallest absolute Gasteiger partial charge is 0.162 e. The maximum Gasteiger partial charge on any atom is 0.162 e. The molecule has 0 fully saturated rings. The molecule has 0 aliphatic rings. The summed E-state index contributed by atoms with van der Waals surface area (Å²) in [5.41, 5.74) is 2.42. The van der Waals surface area contributed by atoms with Crippen molar-refractivity contribution in [3.63, 3.8) is 0 Å². The van der Waals surface area contributed by atoms with E-state index in [1.165, 1.54) is 7.11 Å². The van der Waals surface area contributed by atoms with Crippen LogP contribution in [0.5, 0.6) is 5.75 Å². The molecule has 0 spiro atoms. The van der Waals surface area contributed by atoms with Crippen LogP contribution < -0.4 is 4.74 Å². The van der Waals surface area contributed by atoms with E-state index in [1.54, 1.807) is 24.4 Å². The third-order valence-electron chi connectivity index (χ3n) is 3.77. The molecule has 0 aliphatic carbocycles. The molecule has 3 rings (SSSR count). The van der Waals surface area contributed by atoms with Gasteiger partial charge in [-0.1, -0.05) is 52.6 Å². The van der Waals surface area contributed by atoms with Crippen LogP contribution >= 0.6 is 23.2 Å². The van der Waals surface area contributed by atoms with Crippen molar-refractivity contribution in [3.05, 3.63) is 81.9 Å². The first kappa shape index (κ1) is 18.3. The summed E-state index contributed by atoms with van der Waals surface area (Å²) in [4.78, 5) is 9.42. The molecule has 0 bridgehead atoms. The maximum absolute atomic E-state index is 6.18. The molecule has 0 aliphatic heterocycles. The number of halogens is 2. The molecule has 26 heavy (non-hydrogen) atoms. The lowest BCUT2D eigenvalue weighted by atomic mass is 10.0. The van der Waals surface area contributed by atoms with Gasteiger partial charge in [-0.05, 0) is 23.8 Å². The van der Waals surface area contributed by atoms with Crippen LogP contribution in [-0.2, 0) is 18.5 Å². The highest BCUT2D eigenvalue weighted by Gasteiger charge is 2.17. The first-order valence-corrected chi connectivity index (χ1v) is 8.60. The quantitative estimate of drug-likeness (QED) is 0.453. The molecule has 0 saturated carbocycles. The number of imidazole rings is 1. The van der Waals surface area contributed by atoms with Gasteiger partial charge in [-0.25, -0.2) is 4.98 Å². The maximum atomic E-state index is 6.18. The van der Waals surface area contributed by atoms with Crippen molar-refractivity contribution in [3.8, 4) is 5.75 Å². The minimum atomic E-state index is 0.310. The van der Waals surface area contributed by atoms with E-state index in [1.807, 2.05) is 42.1 Å². The van der Waals surface area contributed by atoms with Gasteiger partial charge in [0.25, 0.3) is 0 Å². The van der Waals surface area contributed by atoms with E-state index >= 15 is 0 Å². The Morgan fingerprint density at radius 3 is 2.69 bits per heavy atom. The molecular formula is C19H17Cl2N3O2. The van der Waals surface area contributed by atoms with E-state index in [9.17, 15) is 0 Å². The Bertz CT molecular complexity index is 938. The summed E-state index contributed by atoms with van der Waals surface area (Å²) in [5.74, 6) is 1.26. The topological polar surface area (TPSA) is 48.6 Å². The lowest BCUT2D eigenvalue weighted by Gasteiger charge is -2.13. The van der Waals surface area contributed by atoms with Crippen LogP contribution in [0.25, 0.3) is 0 Å².